The van der Waals surface area contributed by atoms with E-state index in [2.05, 4.69) is 13.8 Å². The summed E-state index contributed by atoms with van der Waals surface area (Å²) < 4.78 is 0. The van der Waals surface area contributed by atoms with Crippen molar-refractivity contribution < 1.29 is 4.79 Å². The molecule has 1 rings (SSSR count). The van der Waals surface area contributed by atoms with Crippen molar-refractivity contribution in [3.63, 3.8) is 0 Å². The van der Waals surface area contributed by atoms with Gasteiger partial charge in [-0.1, -0.05) is 43.6 Å². The van der Waals surface area contributed by atoms with E-state index in [1.807, 2.05) is 24.3 Å². The molecule has 0 bridgehead atoms. The average molecular weight is 225 g/mol. The number of halogens is 1. The third-order valence-corrected chi connectivity index (χ3v) is 2.64. The predicted molar refractivity (Wildman–Crippen MR) is 64.2 cm³/mol. The molecular formula is C13H17ClO. The van der Waals surface area contributed by atoms with E-state index >= 15 is 0 Å². The minimum absolute atomic E-state index is 0.324. The molecule has 0 unspecified atom stereocenters. The summed E-state index contributed by atoms with van der Waals surface area (Å²) in [5.74, 6) is 0.772. The van der Waals surface area contributed by atoms with Gasteiger partial charge in [0, 0.05) is 17.9 Å². The van der Waals surface area contributed by atoms with E-state index in [1.165, 1.54) is 0 Å². The van der Waals surface area contributed by atoms with E-state index in [9.17, 15) is 4.79 Å². The van der Waals surface area contributed by atoms with Gasteiger partial charge in [0.15, 0.2) is 0 Å². The highest BCUT2D eigenvalue weighted by Crippen LogP contribution is 2.17. The van der Waals surface area contributed by atoms with Crippen molar-refractivity contribution in [3.05, 3.63) is 34.9 Å². The Bertz CT molecular complexity index is 331. The fourth-order valence-electron chi connectivity index (χ4n) is 1.53. The lowest BCUT2D eigenvalue weighted by atomic mass is 10.0. The molecule has 1 aromatic rings. The smallest absolute Gasteiger partial charge is 0.133 e. The molecule has 0 saturated heterocycles. The maximum atomic E-state index is 11.5. The van der Waals surface area contributed by atoms with Crippen LogP contribution in [0.3, 0.4) is 0 Å². The second-order valence-electron chi connectivity index (χ2n) is 4.23. The maximum Gasteiger partial charge on any atom is 0.133 e. The monoisotopic (exact) mass is 224 g/mol. The number of benzene rings is 1. The standard InChI is InChI=1S/C13H17ClO/c1-10(2)9-12(15)8-7-11-5-3-4-6-13(11)14/h3-6,10H,7-9H2,1-2H3. The number of hydrogen-bond donors (Lipinski definition) is 0. The molecule has 0 fully saturated rings. The molecule has 0 amide bonds. The van der Waals surface area contributed by atoms with Gasteiger partial charge in [-0.15, -0.1) is 0 Å². The van der Waals surface area contributed by atoms with Crippen LogP contribution >= 0.6 is 11.6 Å². The fraction of sp³-hybridized carbons (Fsp3) is 0.462. The van der Waals surface area contributed by atoms with Crippen molar-refractivity contribution in [2.45, 2.75) is 33.1 Å². The van der Waals surface area contributed by atoms with Gasteiger partial charge in [0.2, 0.25) is 0 Å². The quantitative estimate of drug-likeness (QED) is 0.742. The maximum absolute atomic E-state index is 11.5. The first-order valence-electron chi connectivity index (χ1n) is 5.34. The van der Waals surface area contributed by atoms with Gasteiger partial charge in [-0.25, -0.2) is 0 Å². The Balaban J connectivity index is 2.44. The van der Waals surface area contributed by atoms with Crippen LogP contribution in [-0.2, 0) is 11.2 Å². The van der Waals surface area contributed by atoms with Crippen molar-refractivity contribution in [3.8, 4) is 0 Å². The lowest BCUT2D eigenvalue weighted by molar-refractivity contribution is -0.119. The van der Waals surface area contributed by atoms with Crippen LogP contribution in [0.2, 0.25) is 5.02 Å². The molecule has 0 aliphatic rings. The highest BCUT2D eigenvalue weighted by molar-refractivity contribution is 6.31. The zero-order valence-electron chi connectivity index (χ0n) is 9.29. The van der Waals surface area contributed by atoms with Crippen molar-refractivity contribution >= 4 is 17.4 Å². The van der Waals surface area contributed by atoms with Gasteiger partial charge in [0.1, 0.15) is 5.78 Å². The number of carbonyl (C=O) groups is 1. The van der Waals surface area contributed by atoms with Gasteiger partial charge in [0.05, 0.1) is 0 Å². The first-order valence-corrected chi connectivity index (χ1v) is 5.72. The minimum atomic E-state index is 0.324. The van der Waals surface area contributed by atoms with E-state index in [0.717, 1.165) is 17.0 Å². The van der Waals surface area contributed by atoms with Crippen LogP contribution in [0.4, 0.5) is 0 Å². The lowest BCUT2D eigenvalue weighted by Crippen LogP contribution is -2.04. The van der Waals surface area contributed by atoms with Crippen LogP contribution < -0.4 is 0 Å². The lowest BCUT2D eigenvalue weighted by Gasteiger charge is -2.05. The Kier molecular flexibility index (Phi) is 4.83. The minimum Gasteiger partial charge on any atom is -0.300 e. The van der Waals surface area contributed by atoms with Crippen LogP contribution in [0.15, 0.2) is 24.3 Å². The fourth-order valence-corrected chi connectivity index (χ4v) is 1.76. The zero-order valence-corrected chi connectivity index (χ0v) is 10.1. The van der Waals surface area contributed by atoms with Crippen LogP contribution in [0.1, 0.15) is 32.3 Å². The molecule has 15 heavy (non-hydrogen) atoms. The molecule has 2 heteroatoms. The van der Waals surface area contributed by atoms with Crippen LogP contribution in [0.25, 0.3) is 0 Å². The summed E-state index contributed by atoms with van der Waals surface area (Å²) in [4.78, 5) is 11.5. The molecule has 0 aliphatic carbocycles. The molecule has 0 saturated carbocycles. The van der Waals surface area contributed by atoms with E-state index in [1.54, 1.807) is 0 Å². The topological polar surface area (TPSA) is 17.1 Å². The Morgan fingerprint density at radius 1 is 1.33 bits per heavy atom. The van der Waals surface area contributed by atoms with Crippen molar-refractivity contribution in [2.24, 2.45) is 5.92 Å². The first kappa shape index (κ1) is 12.3. The van der Waals surface area contributed by atoms with E-state index < -0.39 is 0 Å². The molecule has 1 aromatic carbocycles. The van der Waals surface area contributed by atoms with E-state index in [0.29, 0.717) is 24.5 Å². The van der Waals surface area contributed by atoms with Crippen LogP contribution in [-0.4, -0.2) is 5.78 Å². The second kappa shape index (κ2) is 5.92. The number of Topliss-reactive ketones (excluding diaryl/α,β-unsaturated/α-hetero) is 1. The Morgan fingerprint density at radius 3 is 2.60 bits per heavy atom. The van der Waals surface area contributed by atoms with Gasteiger partial charge < -0.3 is 0 Å². The molecular weight excluding hydrogens is 208 g/mol. The molecule has 0 spiro atoms. The molecule has 82 valence electrons. The largest absolute Gasteiger partial charge is 0.300 e. The van der Waals surface area contributed by atoms with E-state index in [4.69, 9.17) is 11.6 Å². The highest BCUT2D eigenvalue weighted by Gasteiger charge is 2.06. The Hall–Kier alpha value is -0.820. The predicted octanol–water partition coefficient (Wildman–Crippen LogP) is 3.89. The van der Waals surface area contributed by atoms with Crippen molar-refractivity contribution in [2.75, 3.05) is 0 Å². The summed E-state index contributed by atoms with van der Waals surface area (Å²) in [6, 6.07) is 7.70. The summed E-state index contributed by atoms with van der Waals surface area (Å²) in [7, 11) is 0. The molecule has 0 aliphatic heterocycles. The molecule has 0 aromatic heterocycles. The average Bonchev–Trinajstić information content (AvgIpc) is 2.15. The SMILES string of the molecule is CC(C)CC(=O)CCc1ccccc1Cl. The van der Waals surface area contributed by atoms with Gasteiger partial charge in [-0.2, -0.15) is 0 Å². The summed E-state index contributed by atoms with van der Waals surface area (Å²) >= 11 is 6.00. The summed E-state index contributed by atoms with van der Waals surface area (Å²) in [6.07, 6.45) is 2.03. The van der Waals surface area contributed by atoms with Gasteiger partial charge >= 0.3 is 0 Å². The third kappa shape index (κ3) is 4.48. The summed E-state index contributed by atoms with van der Waals surface area (Å²) in [6.45, 7) is 4.13. The first-order chi connectivity index (χ1) is 7.09. The van der Waals surface area contributed by atoms with Crippen LogP contribution in [0.5, 0.6) is 0 Å². The molecule has 0 N–H and O–H groups in total. The van der Waals surface area contributed by atoms with E-state index in [-0.39, 0.29) is 0 Å². The number of ketones is 1. The second-order valence-corrected chi connectivity index (χ2v) is 4.64. The van der Waals surface area contributed by atoms with Crippen LogP contribution in [0, 0.1) is 5.92 Å². The van der Waals surface area contributed by atoms with Crippen molar-refractivity contribution in [1.29, 1.82) is 0 Å². The molecule has 0 heterocycles. The Morgan fingerprint density at radius 2 is 2.00 bits per heavy atom. The zero-order chi connectivity index (χ0) is 11.3. The summed E-state index contributed by atoms with van der Waals surface area (Å²) in [5.41, 5.74) is 1.07. The highest BCUT2D eigenvalue weighted by atomic mass is 35.5. The van der Waals surface area contributed by atoms with Gasteiger partial charge in [-0.3, -0.25) is 4.79 Å². The number of carbonyl (C=O) groups excluding carboxylic acids is 1. The third-order valence-electron chi connectivity index (χ3n) is 2.27. The Labute approximate surface area is 96.5 Å². The number of hydrogen-bond acceptors (Lipinski definition) is 1. The van der Waals surface area contributed by atoms with Gasteiger partial charge in [-0.05, 0) is 24.0 Å². The summed E-state index contributed by atoms with van der Waals surface area (Å²) in [5, 5.41) is 0.759. The number of rotatable bonds is 5. The van der Waals surface area contributed by atoms with Gasteiger partial charge in [0.25, 0.3) is 0 Å². The number of aryl methyl sites for hydroxylation is 1. The molecule has 0 atom stereocenters. The molecule has 0 radical (unpaired) electrons. The van der Waals surface area contributed by atoms with Crippen molar-refractivity contribution in [1.82, 2.24) is 0 Å². The molecule has 1 nitrogen and oxygen atoms in total. The normalized spacial score (nSPS) is 10.7.